The largest absolute Gasteiger partial charge is 0.475 e. The highest BCUT2D eigenvalue weighted by molar-refractivity contribution is 7.92. The second-order valence-electron chi connectivity index (χ2n) is 7.11. The molecular formula is C21H23NO3S. The summed E-state index contributed by atoms with van der Waals surface area (Å²) in [5.74, 6) is 1.15. The van der Waals surface area contributed by atoms with E-state index in [0.717, 1.165) is 24.2 Å². The molecule has 2 aromatic carbocycles. The summed E-state index contributed by atoms with van der Waals surface area (Å²) in [7, 11) is -3.32. The van der Waals surface area contributed by atoms with Gasteiger partial charge >= 0.3 is 0 Å². The van der Waals surface area contributed by atoms with Crippen LogP contribution in [0.4, 0.5) is 11.4 Å². The van der Waals surface area contributed by atoms with E-state index in [1.165, 1.54) is 0 Å². The van der Waals surface area contributed by atoms with E-state index in [2.05, 4.69) is 17.5 Å². The maximum atomic E-state index is 12.9. The van der Waals surface area contributed by atoms with Crippen LogP contribution in [0.1, 0.15) is 19.8 Å². The van der Waals surface area contributed by atoms with Crippen LogP contribution in [0.25, 0.3) is 0 Å². The quantitative estimate of drug-likeness (QED) is 0.760. The molecule has 2 bridgehead atoms. The summed E-state index contributed by atoms with van der Waals surface area (Å²) < 4.78 is 31.5. The summed E-state index contributed by atoms with van der Waals surface area (Å²) in [6.07, 6.45) is 5.92. The van der Waals surface area contributed by atoms with Crippen LogP contribution < -0.4 is 10.1 Å². The van der Waals surface area contributed by atoms with Crippen LogP contribution in [0, 0.1) is 11.8 Å². The molecule has 26 heavy (non-hydrogen) atoms. The van der Waals surface area contributed by atoms with Crippen LogP contribution in [0.5, 0.6) is 5.75 Å². The zero-order chi connectivity index (χ0) is 18.1. The third-order valence-electron chi connectivity index (χ3n) is 5.32. The maximum Gasteiger partial charge on any atom is 0.196 e. The van der Waals surface area contributed by atoms with Gasteiger partial charge in [0.15, 0.2) is 15.3 Å². The van der Waals surface area contributed by atoms with Gasteiger partial charge in [0.1, 0.15) is 5.75 Å². The molecular weight excluding hydrogens is 346 g/mol. The fourth-order valence-electron chi connectivity index (χ4n) is 3.92. The minimum absolute atomic E-state index is 0.161. The molecule has 0 saturated heterocycles. The predicted molar refractivity (Wildman–Crippen MR) is 104 cm³/mol. The lowest BCUT2D eigenvalue weighted by Gasteiger charge is -2.23. The van der Waals surface area contributed by atoms with Crippen molar-refractivity contribution in [3.05, 3.63) is 66.7 Å². The highest BCUT2D eigenvalue weighted by Gasteiger charge is 2.45. The molecule has 2 aliphatic rings. The third-order valence-corrected chi connectivity index (χ3v) is 7.73. The minimum atomic E-state index is -3.32. The number of ether oxygens (including phenoxy) is 1. The monoisotopic (exact) mass is 369 g/mol. The first kappa shape index (κ1) is 17.2. The first-order valence-corrected chi connectivity index (χ1v) is 10.6. The number of allylic oxidation sites excluding steroid dienone is 2. The average molecular weight is 369 g/mol. The van der Waals surface area contributed by atoms with Gasteiger partial charge in [-0.05, 0) is 68.0 Å². The van der Waals surface area contributed by atoms with E-state index in [9.17, 15) is 8.42 Å². The van der Waals surface area contributed by atoms with Gasteiger partial charge in [-0.1, -0.05) is 30.4 Å². The van der Waals surface area contributed by atoms with Gasteiger partial charge in [-0.2, -0.15) is 0 Å². The standard InChI is InChI=1S/C21H23NO3S/c1-15(26(23,24)21-14-16-7-8-17(21)13-16)25-20-11-9-19(10-12-20)22-18-5-3-2-4-6-18/h2-12,15-17,21-22H,13-14H2,1H3. The average Bonchev–Trinajstić information content (AvgIpc) is 3.28. The molecule has 4 nitrogen and oxygen atoms in total. The first-order chi connectivity index (χ1) is 12.5. The van der Waals surface area contributed by atoms with E-state index in [4.69, 9.17) is 4.74 Å². The Labute approximate surface area is 154 Å². The van der Waals surface area contributed by atoms with E-state index in [1.54, 1.807) is 19.1 Å². The molecule has 0 radical (unpaired) electrons. The fraction of sp³-hybridized carbons (Fsp3) is 0.333. The molecule has 1 saturated carbocycles. The summed E-state index contributed by atoms with van der Waals surface area (Å²) in [4.78, 5) is 0. The molecule has 136 valence electrons. The van der Waals surface area contributed by atoms with E-state index < -0.39 is 15.3 Å². The van der Waals surface area contributed by atoms with Crippen molar-refractivity contribution in [3.63, 3.8) is 0 Å². The number of anilines is 2. The van der Waals surface area contributed by atoms with E-state index in [-0.39, 0.29) is 11.2 Å². The SMILES string of the molecule is CC(Oc1ccc(Nc2ccccc2)cc1)S(=O)(=O)C1CC2C=CC1C2. The zero-order valence-electron chi connectivity index (χ0n) is 14.7. The normalized spacial score (nSPS) is 25.2. The van der Waals surface area contributed by atoms with Crippen molar-refractivity contribution in [2.75, 3.05) is 5.32 Å². The number of fused-ring (bicyclic) bond motifs is 2. The molecule has 0 aliphatic heterocycles. The molecule has 0 amide bonds. The number of benzene rings is 2. The molecule has 5 heteroatoms. The Hall–Kier alpha value is -2.27. The van der Waals surface area contributed by atoms with Crippen molar-refractivity contribution in [1.29, 1.82) is 0 Å². The van der Waals surface area contributed by atoms with Crippen molar-refractivity contribution in [3.8, 4) is 5.75 Å². The van der Waals surface area contributed by atoms with Gasteiger partial charge in [0.2, 0.25) is 0 Å². The number of nitrogens with one attached hydrogen (secondary N) is 1. The van der Waals surface area contributed by atoms with Crippen LogP contribution in [-0.4, -0.2) is 19.1 Å². The lowest BCUT2D eigenvalue weighted by molar-refractivity contribution is 0.289. The first-order valence-electron chi connectivity index (χ1n) is 9.02. The van der Waals surface area contributed by atoms with Gasteiger partial charge in [0.25, 0.3) is 0 Å². The van der Waals surface area contributed by atoms with Crippen molar-refractivity contribution in [1.82, 2.24) is 0 Å². The molecule has 1 fully saturated rings. The number of hydrogen-bond acceptors (Lipinski definition) is 4. The van der Waals surface area contributed by atoms with Crippen LogP contribution in [0.3, 0.4) is 0 Å². The van der Waals surface area contributed by atoms with Crippen LogP contribution in [0.15, 0.2) is 66.7 Å². The zero-order valence-corrected chi connectivity index (χ0v) is 15.5. The van der Waals surface area contributed by atoms with Crippen molar-refractivity contribution in [2.24, 2.45) is 11.8 Å². The molecule has 4 rings (SSSR count). The van der Waals surface area contributed by atoms with E-state index >= 15 is 0 Å². The Kier molecular flexibility index (Phi) is 4.49. The third kappa shape index (κ3) is 3.36. The van der Waals surface area contributed by atoms with E-state index in [0.29, 0.717) is 11.7 Å². The summed E-state index contributed by atoms with van der Waals surface area (Å²) >= 11 is 0. The van der Waals surface area contributed by atoms with Gasteiger partial charge < -0.3 is 10.1 Å². The van der Waals surface area contributed by atoms with Crippen molar-refractivity contribution < 1.29 is 13.2 Å². The van der Waals surface area contributed by atoms with Crippen molar-refractivity contribution >= 4 is 21.2 Å². The number of hydrogen-bond donors (Lipinski definition) is 1. The molecule has 4 atom stereocenters. The Morgan fingerprint density at radius 3 is 2.27 bits per heavy atom. The highest BCUT2D eigenvalue weighted by atomic mass is 32.2. The molecule has 1 N–H and O–H groups in total. The topological polar surface area (TPSA) is 55.4 Å². The smallest absolute Gasteiger partial charge is 0.196 e. The van der Waals surface area contributed by atoms with Gasteiger partial charge in [-0.25, -0.2) is 8.42 Å². The Balaban J connectivity index is 1.41. The van der Waals surface area contributed by atoms with Gasteiger partial charge in [-0.15, -0.1) is 0 Å². The maximum absolute atomic E-state index is 12.9. The number of sulfone groups is 1. The second kappa shape index (κ2) is 6.80. The molecule has 0 spiro atoms. The lowest BCUT2D eigenvalue weighted by Crippen LogP contribution is -2.36. The lowest BCUT2D eigenvalue weighted by atomic mass is 10.1. The Morgan fingerprint density at radius 1 is 0.962 bits per heavy atom. The Bertz CT molecular complexity index is 891. The molecule has 2 aromatic rings. The number of rotatable bonds is 6. The number of para-hydroxylation sites is 1. The summed E-state index contributed by atoms with van der Waals surface area (Å²) in [5.41, 5.74) is 1.09. The highest BCUT2D eigenvalue weighted by Crippen LogP contribution is 2.43. The summed E-state index contributed by atoms with van der Waals surface area (Å²) in [5, 5.41) is 3.00. The van der Waals surface area contributed by atoms with Gasteiger partial charge in [-0.3, -0.25) is 0 Å². The molecule has 2 aliphatic carbocycles. The van der Waals surface area contributed by atoms with Crippen LogP contribution in [0.2, 0.25) is 0 Å². The van der Waals surface area contributed by atoms with Gasteiger partial charge in [0, 0.05) is 11.4 Å². The second-order valence-corrected chi connectivity index (χ2v) is 9.56. The van der Waals surface area contributed by atoms with Crippen LogP contribution >= 0.6 is 0 Å². The molecule has 0 heterocycles. The van der Waals surface area contributed by atoms with Gasteiger partial charge in [0.05, 0.1) is 5.25 Å². The van der Waals surface area contributed by atoms with Crippen molar-refractivity contribution in [2.45, 2.75) is 30.5 Å². The summed E-state index contributed by atoms with van der Waals surface area (Å²) in [6.45, 7) is 1.64. The summed E-state index contributed by atoms with van der Waals surface area (Å²) in [6, 6.07) is 17.3. The fourth-order valence-corrected chi connectivity index (χ4v) is 5.86. The predicted octanol–water partition coefficient (Wildman–Crippen LogP) is 4.53. The Morgan fingerprint density at radius 2 is 1.65 bits per heavy atom. The van der Waals surface area contributed by atoms with Crippen LogP contribution in [-0.2, 0) is 9.84 Å². The molecule has 0 aromatic heterocycles. The minimum Gasteiger partial charge on any atom is -0.475 e. The van der Waals surface area contributed by atoms with E-state index in [1.807, 2.05) is 42.5 Å². The molecule has 4 unspecified atom stereocenters.